The molecule has 4 unspecified atom stereocenters. The van der Waals surface area contributed by atoms with E-state index in [9.17, 15) is 34.2 Å². The van der Waals surface area contributed by atoms with Crippen molar-refractivity contribution in [1.82, 2.24) is 10.2 Å². The molecule has 2 aromatic rings. The highest BCUT2D eigenvalue weighted by Crippen LogP contribution is 2.50. The summed E-state index contributed by atoms with van der Waals surface area (Å²) < 4.78 is 4.69. The van der Waals surface area contributed by atoms with Crippen molar-refractivity contribution in [3.8, 4) is 0 Å². The second kappa shape index (κ2) is 10.1. The van der Waals surface area contributed by atoms with Crippen molar-refractivity contribution in [2.24, 2.45) is 11.8 Å². The fraction of sp³-hybridized carbons (Fsp3) is 0.320. The second-order valence-electron chi connectivity index (χ2n) is 8.58. The Labute approximate surface area is 210 Å². The van der Waals surface area contributed by atoms with Gasteiger partial charge in [0.25, 0.3) is 0 Å². The molecule has 10 nitrogen and oxygen atoms in total. The largest absolute Gasteiger partial charge is 0.481 e. The highest BCUT2D eigenvalue weighted by molar-refractivity contribution is 7.99. The van der Waals surface area contributed by atoms with E-state index in [1.807, 2.05) is 30.3 Å². The van der Waals surface area contributed by atoms with Gasteiger partial charge in [0.2, 0.25) is 11.8 Å². The molecule has 0 spiro atoms. The van der Waals surface area contributed by atoms with Gasteiger partial charge >= 0.3 is 17.9 Å². The quantitative estimate of drug-likeness (QED) is 0.258. The summed E-state index contributed by atoms with van der Waals surface area (Å²) in [6.45, 7) is 0.0565. The fourth-order valence-corrected chi connectivity index (χ4v) is 5.82. The molecule has 0 bridgehead atoms. The average Bonchev–Trinajstić information content (AvgIpc) is 3.33. The van der Waals surface area contributed by atoms with Gasteiger partial charge in [0, 0.05) is 23.2 Å². The highest BCUT2D eigenvalue weighted by atomic mass is 32.2. The lowest BCUT2D eigenvalue weighted by Gasteiger charge is -2.29. The predicted molar refractivity (Wildman–Crippen MR) is 127 cm³/mol. The van der Waals surface area contributed by atoms with Gasteiger partial charge in [-0.2, -0.15) is 0 Å². The first kappa shape index (κ1) is 25.4. The summed E-state index contributed by atoms with van der Waals surface area (Å²) in [5.41, 5.74) is -1.47. The van der Waals surface area contributed by atoms with Crippen LogP contribution in [0, 0.1) is 11.8 Å². The number of hydrogen-bond acceptors (Lipinski definition) is 8. The summed E-state index contributed by atoms with van der Waals surface area (Å²) in [6, 6.07) is 14.5. The molecule has 0 radical (unpaired) electrons. The number of methoxy groups -OCH3 is 1. The third kappa shape index (κ3) is 4.47. The van der Waals surface area contributed by atoms with Crippen LogP contribution in [-0.2, 0) is 23.9 Å². The summed E-state index contributed by atoms with van der Waals surface area (Å²) in [6.07, 6.45) is -0.883. The van der Waals surface area contributed by atoms with Gasteiger partial charge in [0.1, 0.15) is 5.54 Å². The Morgan fingerprint density at radius 1 is 1.03 bits per heavy atom. The molecule has 2 heterocycles. The number of likely N-dealkylation sites (tertiary alicyclic amines) is 1. The fourth-order valence-electron chi connectivity index (χ4n) is 4.96. The smallest absolute Gasteiger partial charge is 0.337 e. The number of carbonyl (C=O) groups is 5. The van der Waals surface area contributed by atoms with Gasteiger partial charge in [-0.25, -0.2) is 4.79 Å². The van der Waals surface area contributed by atoms with Crippen LogP contribution in [0.2, 0.25) is 0 Å². The number of nitrogens with one attached hydrogen (secondary N) is 1. The zero-order chi connectivity index (χ0) is 26.0. The zero-order valence-corrected chi connectivity index (χ0v) is 20.1. The van der Waals surface area contributed by atoms with E-state index in [1.165, 1.54) is 43.1 Å². The van der Waals surface area contributed by atoms with Crippen LogP contribution in [0.5, 0.6) is 0 Å². The number of carboxylic acids is 2. The molecule has 4 atom stereocenters. The van der Waals surface area contributed by atoms with E-state index >= 15 is 0 Å². The van der Waals surface area contributed by atoms with Crippen molar-refractivity contribution in [1.29, 1.82) is 0 Å². The number of carbonyl (C=O) groups excluding carboxylic acids is 3. The Kier molecular flexibility index (Phi) is 7.14. The maximum Gasteiger partial charge on any atom is 0.337 e. The van der Waals surface area contributed by atoms with Crippen molar-refractivity contribution in [2.75, 3.05) is 19.4 Å². The van der Waals surface area contributed by atoms with Gasteiger partial charge in [-0.1, -0.05) is 30.3 Å². The Bertz CT molecular complexity index is 1200. The van der Waals surface area contributed by atoms with E-state index < -0.39 is 59.6 Å². The van der Waals surface area contributed by atoms with Gasteiger partial charge in [0.05, 0.1) is 30.9 Å². The third-order valence-corrected chi connectivity index (χ3v) is 7.57. The number of carboxylic acid groups (broad SMARTS) is 2. The number of hydrogen-bond donors (Lipinski definition) is 3. The Morgan fingerprint density at radius 3 is 2.28 bits per heavy atom. The number of thioether (sulfide) groups is 1. The lowest BCUT2D eigenvalue weighted by molar-refractivity contribution is -0.155. The number of ether oxygens (including phenoxy) is 1. The first-order valence-corrected chi connectivity index (χ1v) is 12.1. The van der Waals surface area contributed by atoms with Crippen molar-refractivity contribution >= 4 is 41.5 Å². The Balaban J connectivity index is 1.66. The summed E-state index contributed by atoms with van der Waals surface area (Å²) >= 11 is 1.44. The van der Waals surface area contributed by atoms with Crippen molar-refractivity contribution in [3.63, 3.8) is 0 Å². The number of aliphatic carboxylic acids is 2. The van der Waals surface area contributed by atoms with Crippen LogP contribution in [-0.4, -0.2) is 69.8 Å². The number of rotatable bonds is 9. The van der Waals surface area contributed by atoms with Crippen molar-refractivity contribution in [2.45, 2.75) is 22.9 Å². The Hall–Kier alpha value is -3.70. The van der Waals surface area contributed by atoms with E-state index in [2.05, 4.69) is 10.1 Å². The Morgan fingerprint density at radius 2 is 1.69 bits per heavy atom. The van der Waals surface area contributed by atoms with Crippen LogP contribution in [0.25, 0.3) is 0 Å². The lowest BCUT2D eigenvalue weighted by atomic mass is 9.77. The number of esters is 1. The molecule has 2 aliphatic heterocycles. The minimum atomic E-state index is -2.17. The number of amides is 2. The van der Waals surface area contributed by atoms with E-state index in [4.69, 9.17) is 0 Å². The van der Waals surface area contributed by atoms with E-state index in [0.717, 1.165) is 9.80 Å². The molecule has 4 rings (SSSR count). The van der Waals surface area contributed by atoms with Crippen LogP contribution >= 0.6 is 11.8 Å². The molecule has 188 valence electrons. The molecule has 2 aromatic carbocycles. The molecule has 2 amide bonds. The number of benzene rings is 2. The molecule has 0 saturated carbocycles. The molecule has 2 fully saturated rings. The van der Waals surface area contributed by atoms with E-state index in [-0.39, 0.29) is 12.1 Å². The van der Waals surface area contributed by atoms with E-state index in [0.29, 0.717) is 11.3 Å². The second-order valence-corrected chi connectivity index (χ2v) is 9.74. The molecule has 2 aliphatic rings. The molecule has 0 aliphatic carbocycles. The lowest BCUT2D eigenvalue weighted by Crippen LogP contribution is -2.57. The van der Waals surface area contributed by atoms with Gasteiger partial charge in [-0.3, -0.25) is 29.4 Å². The molecule has 11 heteroatoms. The topological polar surface area (TPSA) is 150 Å². The number of fused-ring (bicyclic) bond motifs is 1. The van der Waals surface area contributed by atoms with Crippen LogP contribution < -0.4 is 5.32 Å². The monoisotopic (exact) mass is 512 g/mol. The highest BCUT2D eigenvalue weighted by Gasteiger charge is 2.68. The SMILES string of the molecule is COC(=O)c1ccc(C2NC(CC(=O)O)(C(=O)O)C3C(=O)N(CCSc4ccccc4)C(=O)C23)cc1. The maximum atomic E-state index is 13.5. The third-order valence-electron chi connectivity index (χ3n) is 6.57. The molecule has 2 saturated heterocycles. The summed E-state index contributed by atoms with van der Waals surface area (Å²) in [5, 5.41) is 22.4. The van der Waals surface area contributed by atoms with Crippen LogP contribution in [0.4, 0.5) is 0 Å². The zero-order valence-electron chi connectivity index (χ0n) is 19.2. The van der Waals surface area contributed by atoms with Gasteiger partial charge in [-0.15, -0.1) is 11.8 Å². The van der Waals surface area contributed by atoms with Crippen LogP contribution in [0.1, 0.15) is 28.4 Å². The number of imide groups is 1. The van der Waals surface area contributed by atoms with E-state index in [1.54, 1.807) is 0 Å². The molecule has 36 heavy (non-hydrogen) atoms. The van der Waals surface area contributed by atoms with Gasteiger partial charge < -0.3 is 14.9 Å². The molecular formula is C25H24N2O8S. The molecule has 3 N–H and O–H groups in total. The summed E-state index contributed by atoms with van der Waals surface area (Å²) in [4.78, 5) is 64.8. The maximum absolute atomic E-state index is 13.5. The predicted octanol–water partition coefficient (Wildman–Crippen LogP) is 1.81. The molecule has 0 aromatic heterocycles. The summed E-state index contributed by atoms with van der Waals surface area (Å²) in [7, 11) is 1.24. The van der Waals surface area contributed by atoms with Gasteiger partial charge in [0.15, 0.2) is 0 Å². The van der Waals surface area contributed by atoms with Crippen LogP contribution in [0.15, 0.2) is 59.5 Å². The standard InChI is InChI=1S/C25H24N2O8S/c1-35-23(32)15-9-7-14(8-10-15)20-18-19(25(26-20,24(33)34)13-17(28)29)22(31)27(21(18)30)11-12-36-16-5-3-2-4-6-16/h2-10,18-20,26H,11-13H2,1H3,(H,28,29)(H,33,34). The van der Waals surface area contributed by atoms with Crippen molar-refractivity contribution < 1.29 is 38.9 Å². The van der Waals surface area contributed by atoms with Crippen LogP contribution in [0.3, 0.4) is 0 Å². The average molecular weight is 513 g/mol. The normalized spacial score (nSPS) is 25.0. The first-order valence-electron chi connectivity index (χ1n) is 11.1. The summed E-state index contributed by atoms with van der Waals surface area (Å²) in [5.74, 6) is -6.88. The van der Waals surface area contributed by atoms with Gasteiger partial charge in [-0.05, 0) is 29.8 Å². The van der Waals surface area contributed by atoms with Crippen molar-refractivity contribution in [3.05, 3.63) is 65.7 Å². The number of nitrogens with zero attached hydrogens (tertiary/aromatic N) is 1. The minimum Gasteiger partial charge on any atom is -0.481 e. The minimum absolute atomic E-state index is 0.0565. The first-order chi connectivity index (χ1) is 17.2. The molecular weight excluding hydrogens is 488 g/mol.